The number of rotatable bonds is 29. The molecule has 0 saturated heterocycles. The van der Waals surface area contributed by atoms with E-state index in [2.05, 4.69) is 43.4 Å². The molecule has 0 aromatic heterocycles. The molecule has 0 rings (SSSR count). The highest BCUT2D eigenvalue weighted by atomic mass is 16.4. The molecule has 0 aromatic rings. The van der Waals surface area contributed by atoms with Crippen molar-refractivity contribution in [2.75, 3.05) is 0 Å². The number of hydrogen-bond donors (Lipinski definition) is 2. The summed E-state index contributed by atoms with van der Waals surface area (Å²) in [4.78, 5) is 22.0. The second-order valence-electron chi connectivity index (χ2n) is 10.8. The summed E-state index contributed by atoms with van der Waals surface area (Å²) in [6, 6.07) is 0. The Morgan fingerprint density at radius 3 is 1.44 bits per heavy atom. The van der Waals surface area contributed by atoms with Crippen LogP contribution in [0.2, 0.25) is 0 Å². The SMILES string of the molecule is CCCCCCCCCCCCCCC=C(CCC=CCC=CCC=CCCCCCCCC(=O)O)C(=O)O. The van der Waals surface area contributed by atoms with Crippen molar-refractivity contribution in [3.8, 4) is 0 Å². The van der Waals surface area contributed by atoms with Crippen LogP contribution in [0.4, 0.5) is 0 Å². The van der Waals surface area contributed by atoms with Gasteiger partial charge in [0.1, 0.15) is 0 Å². The van der Waals surface area contributed by atoms with Gasteiger partial charge in [0.15, 0.2) is 0 Å². The first-order valence-corrected chi connectivity index (χ1v) is 16.2. The van der Waals surface area contributed by atoms with Crippen molar-refractivity contribution in [2.45, 2.75) is 161 Å². The van der Waals surface area contributed by atoms with Gasteiger partial charge < -0.3 is 10.2 Å². The van der Waals surface area contributed by atoms with Crippen LogP contribution in [0, 0.1) is 0 Å². The minimum absolute atomic E-state index is 0.293. The summed E-state index contributed by atoms with van der Waals surface area (Å²) in [5, 5.41) is 18.1. The zero-order valence-electron chi connectivity index (χ0n) is 25.2. The lowest BCUT2D eigenvalue weighted by Gasteiger charge is -2.03. The zero-order valence-corrected chi connectivity index (χ0v) is 25.2. The van der Waals surface area contributed by atoms with Gasteiger partial charge >= 0.3 is 11.9 Å². The summed E-state index contributed by atoms with van der Waals surface area (Å²) in [6.07, 6.45) is 41.6. The van der Waals surface area contributed by atoms with Gasteiger partial charge in [0, 0.05) is 12.0 Å². The molecule has 0 fully saturated rings. The fourth-order valence-corrected chi connectivity index (χ4v) is 4.64. The lowest BCUT2D eigenvalue weighted by atomic mass is 10.0. The first-order valence-electron chi connectivity index (χ1n) is 16.2. The molecule has 0 radical (unpaired) electrons. The second-order valence-corrected chi connectivity index (χ2v) is 10.8. The number of allylic oxidation sites excluding steroid dienone is 7. The molecule has 4 heteroatoms. The molecule has 0 spiro atoms. The van der Waals surface area contributed by atoms with E-state index >= 15 is 0 Å². The Balaban J connectivity index is 3.69. The van der Waals surface area contributed by atoms with E-state index in [0.717, 1.165) is 57.8 Å². The molecule has 4 nitrogen and oxygen atoms in total. The minimum atomic E-state index is -0.771. The molecule has 0 aliphatic heterocycles. The van der Waals surface area contributed by atoms with E-state index in [4.69, 9.17) is 5.11 Å². The molecule has 0 aliphatic carbocycles. The first-order chi connectivity index (χ1) is 19.1. The molecule has 0 bridgehead atoms. The molecular formula is C35H60O4. The predicted octanol–water partition coefficient (Wildman–Crippen LogP) is 11.1. The van der Waals surface area contributed by atoms with Crippen LogP contribution in [0.3, 0.4) is 0 Å². The third kappa shape index (κ3) is 30.3. The van der Waals surface area contributed by atoms with Gasteiger partial charge in [-0.05, 0) is 57.8 Å². The highest BCUT2D eigenvalue weighted by Gasteiger charge is 2.05. The highest BCUT2D eigenvalue weighted by Crippen LogP contribution is 2.14. The Morgan fingerprint density at radius 1 is 0.487 bits per heavy atom. The van der Waals surface area contributed by atoms with Crippen LogP contribution < -0.4 is 0 Å². The monoisotopic (exact) mass is 544 g/mol. The van der Waals surface area contributed by atoms with Crippen LogP contribution in [0.25, 0.3) is 0 Å². The topological polar surface area (TPSA) is 74.6 Å². The summed E-state index contributed by atoms with van der Waals surface area (Å²) in [6.45, 7) is 2.26. The minimum Gasteiger partial charge on any atom is -0.481 e. The van der Waals surface area contributed by atoms with Gasteiger partial charge in [-0.2, -0.15) is 0 Å². The van der Waals surface area contributed by atoms with Crippen molar-refractivity contribution >= 4 is 11.9 Å². The lowest BCUT2D eigenvalue weighted by Crippen LogP contribution is -2.00. The number of carbonyl (C=O) groups is 2. The van der Waals surface area contributed by atoms with E-state index < -0.39 is 11.9 Å². The van der Waals surface area contributed by atoms with E-state index in [1.54, 1.807) is 0 Å². The van der Waals surface area contributed by atoms with Crippen molar-refractivity contribution in [1.82, 2.24) is 0 Å². The summed E-state index contributed by atoms with van der Waals surface area (Å²) in [5.74, 6) is -1.46. The molecular weight excluding hydrogens is 484 g/mol. The fraction of sp³-hybridized carbons (Fsp3) is 0.714. The van der Waals surface area contributed by atoms with Gasteiger partial charge in [0.2, 0.25) is 0 Å². The number of unbranched alkanes of at least 4 members (excludes halogenated alkanes) is 17. The van der Waals surface area contributed by atoms with E-state index in [0.29, 0.717) is 18.4 Å². The molecule has 224 valence electrons. The van der Waals surface area contributed by atoms with Gasteiger partial charge in [-0.15, -0.1) is 0 Å². The lowest BCUT2D eigenvalue weighted by molar-refractivity contribution is -0.137. The molecule has 2 N–H and O–H groups in total. The highest BCUT2D eigenvalue weighted by molar-refractivity contribution is 5.86. The average molecular weight is 545 g/mol. The third-order valence-electron chi connectivity index (χ3n) is 7.11. The Kier molecular flexibility index (Phi) is 28.8. The van der Waals surface area contributed by atoms with Gasteiger partial charge in [-0.25, -0.2) is 4.79 Å². The second kappa shape index (κ2) is 30.4. The van der Waals surface area contributed by atoms with Crippen LogP contribution in [-0.2, 0) is 9.59 Å². The van der Waals surface area contributed by atoms with Crippen LogP contribution in [0.1, 0.15) is 161 Å². The maximum absolute atomic E-state index is 11.5. The number of carboxylic acids is 2. The quantitative estimate of drug-likeness (QED) is 0.0558. The number of hydrogen-bond acceptors (Lipinski definition) is 2. The Hall–Kier alpha value is -2.10. The molecule has 39 heavy (non-hydrogen) atoms. The summed E-state index contributed by atoms with van der Waals surface area (Å²) in [5.41, 5.74) is 0.559. The number of carboxylic acid groups (broad SMARTS) is 2. The Bertz CT molecular complexity index is 687. The van der Waals surface area contributed by atoms with E-state index in [-0.39, 0.29) is 0 Å². The van der Waals surface area contributed by atoms with Crippen molar-refractivity contribution in [1.29, 1.82) is 0 Å². The molecule has 0 saturated carbocycles. The first kappa shape index (κ1) is 36.9. The van der Waals surface area contributed by atoms with Gasteiger partial charge in [-0.1, -0.05) is 139 Å². The van der Waals surface area contributed by atoms with Crippen LogP contribution >= 0.6 is 0 Å². The summed E-state index contributed by atoms with van der Waals surface area (Å²) >= 11 is 0. The molecule has 0 heterocycles. The predicted molar refractivity (Wildman–Crippen MR) is 167 cm³/mol. The van der Waals surface area contributed by atoms with E-state index in [1.165, 1.54) is 83.5 Å². The average Bonchev–Trinajstić information content (AvgIpc) is 2.91. The van der Waals surface area contributed by atoms with Gasteiger partial charge in [0.05, 0.1) is 0 Å². The Labute approximate surface area is 240 Å². The maximum Gasteiger partial charge on any atom is 0.331 e. The molecule has 0 unspecified atom stereocenters. The van der Waals surface area contributed by atoms with Crippen molar-refractivity contribution < 1.29 is 19.8 Å². The van der Waals surface area contributed by atoms with Crippen molar-refractivity contribution in [3.63, 3.8) is 0 Å². The van der Waals surface area contributed by atoms with Gasteiger partial charge in [-0.3, -0.25) is 4.79 Å². The molecule has 0 aromatic carbocycles. The maximum atomic E-state index is 11.5. The Morgan fingerprint density at radius 2 is 0.923 bits per heavy atom. The molecule has 0 amide bonds. The van der Waals surface area contributed by atoms with Crippen molar-refractivity contribution in [3.05, 3.63) is 48.1 Å². The van der Waals surface area contributed by atoms with Gasteiger partial charge in [0.25, 0.3) is 0 Å². The largest absolute Gasteiger partial charge is 0.481 e. The fourth-order valence-electron chi connectivity index (χ4n) is 4.64. The smallest absolute Gasteiger partial charge is 0.331 e. The van der Waals surface area contributed by atoms with Crippen LogP contribution in [0.5, 0.6) is 0 Å². The molecule has 0 aliphatic rings. The number of aliphatic carboxylic acids is 2. The van der Waals surface area contributed by atoms with Crippen LogP contribution in [0.15, 0.2) is 48.1 Å². The van der Waals surface area contributed by atoms with Crippen molar-refractivity contribution in [2.24, 2.45) is 0 Å². The normalized spacial score (nSPS) is 12.4. The molecule has 0 atom stereocenters. The van der Waals surface area contributed by atoms with E-state index in [1.807, 2.05) is 6.08 Å². The summed E-state index contributed by atoms with van der Waals surface area (Å²) < 4.78 is 0. The van der Waals surface area contributed by atoms with Crippen LogP contribution in [-0.4, -0.2) is 22.2 Å². The summed E-state index contributed by atoms with van der Waals surface area (Å²) in [7, 11) is 0. The van der Waals surface area contributed by atoms with E-state index in [9.17, 15) is 14.7 Å². The third-order valence-corrected chi connectivity index (χ3v) is 7.11. The standard InChI is InChI=1S/C35H60O4/c1-2-3-4-5-6-7-8-12-15-18-21-24-27-30-33(35(38)39)31-28-25-22-19-16-13-10-9-11-14-17-20-23-26-29-32-34(36)37/h9,11,13,16,22,25,30H,2-8,10,12,14-15,17-21,23-24,26-29,31-32H2,1H3,(H,36,37)(H,38,39). The zero-order chi connectivity index (χ0) is 28.7.